The Bertz CT molecular complexity index is 942. The summed E-state index contributed by atoms with van der Waals surface area (Å²) in [6.07, 6.45) is 0.597. The zero-order chi connectivity index (χ0) is 18.7. The number of nitrogens with one attached hydrogen (secondary N) is 1. The van der Waals surface area contributed by atoms with Crippen molar-refractivity contribution >= 4 is 17.3 Å². The smallest absolute Gasteiger partial charge is 0.292 e. The number of aliphatic hydroxyl groups is 1. The summed E-state index contributed by atoms with van der Waals surface area (Å²) in [6.45, 7) is 1.76. The second kappa shape index (κ2) is 7.59. The molecule has 2 atom stereocenters. The summed E-state index contributed by atoms with van der Waals surface area (Å²) in [4.78, 5) is 12.5. The summed E-state index contributed by atoms with van der Waals surface area (Å²) >= 11 is 6.21. The quantitative estimate of drug-likeness (QED) is 0.641. The third kappa shape index (κ3) is 3.71. The van der Waals surface area contributed by atoms with E-state index in [-0.39, 0.29) is 10.8 Å². The fourth-order valence-electron chi connectivity index (χ4n) is 2.57. The van der Waals surface area contributed by atoms with Crippen molar-refractivity contribution < 1.29 is 10.2 Å². The molecule has 0 saturated carbocycles. The number of para-hydroxylation sites is 1. The van der Waals surface area contributed by atoms with E-state index < -0.39 is 17.7 Å². The zero-order valence-electron chi connectivity index (χ0n) is 14.0. The highest BCUT2D eigenvalue weighted by atomic mass is 35.5. The first kappa shape index (κ1) is 18.0. The van der Waals surface area contributed by atoms with Gasteiger partial charge in [-0.05, 0) is 36.8 Å². The van der Waals surface area contributed by atoms with Crippen LogP contribution in [0, 0.1) is 0 Å². The predicted molar refractivity (Wildman–Crippen MR) is 101 cm³/mol. The number of phenols is 1. The van der Waals surface area contributed by atoms with Crippen molar-refractivity contribution in [2.45, 2.75) is 19.1 Å². The van der Waals surface area contributed by atoms with Crippen molar-refractivity contribution in [1.29, 1.82) is 0 Å². The van der Waals surface area contributed by atoms with Gasteiger partial charge < -0.3 is 15.5 Å². The molecule has 1 heterocycles. The van der Waals surface area contributed by atoms with Crippen molar-refractivity contribution in [3.05, 3.63) is 81.7 Å². The van der Waals surface area contributed by atoms with Crippen LogP contribution in [0.4, 0.5) is 5.69 Å². The molecule has 2 aromatic carbocycles. The normalized spacial score (nSPS) is 13.2. The van der Waals surface area contributed by atoms with Crippen LogP contribution >= 0.6 is 11.6 Å². The molecule has 0 amide bonds. The number of halogens is 1. The molecule has 26 heavy (non-hydrogen) atoms. The lowest BCUT2D eigenvalue weighted by Gasteiger charge is -2.22. The maximum atomic E-state index is 12.5. The van der Waals surface area contributed by atoms with Gasteiger partial charge in [-0.1, -0.05) is 41.9 Å². The molecule has 0 radical (unpaired) electrons. The summed E-state index contributed by atoms with van der Waals surface area (Å²) in [7, 11) is 0. The minimum absolute atomic E-state index is 0.00592. The molecule has 3 rings (SSSR count). The van der Waals surface area contributed by atoms with Gasteiger partial charge >= 0.3 is 0 Å². The van der Waals surface area contributed by atoms with Crippen LogP contribution in [0.1, 0.15) is 18.6 Å². The van der Waals surface area contributed by atoms with E-state index in [4.69, 9.17) is 11.6 Å². The minimum Gasteiger partial charge on any atom is -0.508 e. The molecule has 0 aliphatic carbocycles. The highest BCUT2D eigenvalue weighted by molar-refractivity contribution is 6.33. The van der Waals surface area contributed by atoms with Gasteiger partial charge in [0.25, 0.3) is 5.56 Å². The molecule has 0 unspecified atom stereocenters. The maximum absolute atomic E-state index is 12.5. The summed E-state index contributed by atoms with van der Waals surface area (Å²) in [5.74, 6) is 0.123. The molecule has 0 bridgehead atoms. The Morgan fingerprint density at radius 3 is 2.42 bits per heavy atom. The van der Waals surface area contributed by atoms with Gasteiger partial charge in [0.2, 0.25) is 0 Å². The van der Waals surface area contributed by atoms with Gasteiger partial charge in [0, 0.05) is 0 Å². The molecule has 6 nitrogen and oxygen atoms in total. The number of rotatable bonds is 5. The van der Waals surface area contributed by atoms with Crippen LogP contribution in [-0.2, 0) is 0 Å². The van der Waals surface area contributed by atoms with Crippen LogP contribution in [0.3, 0.4) is 0 Å². The second-order valence-corrected chi connectivity index (χ2v) is 6.27. The van der Waals surface area contributed by atoms with E-state index in [2.05, 4.69) is 10.4 Å². The molecule has 7 heteroatoms. The number of aromatic hydroxyl groups is 1. The van der Waals surface area contributed by atoms with Gasteiger partial charge in [-0.2, -0.15) is 9.78 Å². The van der Waals surface area contributed by atoms with Crippen molar-refractivity contribution in [3.8, 4) is 11.4 Å². The fourth-order valence-corrected chi connectivity index (χ4v) is 2.75. The first-order valence-electron chi connectivity index (χ1n) is 8.04. The number of aliphatic hydroxyl groups excluding tert-OH is 1. The first-order valence-corrected chi connectivity index (χ1v) is 8.42. The van der Waals surface area contributed by atoms with Crippen LogP contribution in [0.2, 0.25) is 5.02 Å². The number of hydrogen-bond donors (Lipinski definition) is 3. The van der Waals surface area contributed by atoms with Gasteiger partial charge in [-0.15, -0.1) is 0 Å². The number of benzene rings is 2. The Hall–Kier alpha value is -2.83. The number of aromatic nitrogens is 2. The summed E-state index contributed by atoms with van der Waals surface area (Å²) in [5, 5.41) is 26.9. The van der Waals surface area contributed by atoms with Crippen molar-refractivity contribution in [3.63, 3.8) is 0 Å². The van der Waals surface area contributed by atoms with E-state index in [1.807, 2.05) is 6.07 Å². The maximum Gasteiger partial charge on any atom is 0.292 e. The molecular weight excluding hydrogens is 354 g/mol. The largest absolute Gasteiger partial charge is 0.508 e. The van der Waals surface area contributed by atoms with Gasteiger partial charge in [0.05, 0.1) is 29.7 Å². The van der Waals surface area contributed by atoms with E-state index in [1.54, 1.807) is 43.3 Å². The first-order chi connectivity index (χ1) is 12.5. The zero-order valence-corrected chi connectivity index (χ0v) is 14.8. The van der Waals surface area contributed by atoms with Gasteiger partial charge in [-0.25, -0.2) is 0 Å². The topological polar surface area (TPSA) is 87.4 Å². The van der Waals surface area contributed by atoms with Crippen LogP contribution in [0.5, 0.6) is 5.75 Å². The lowest BCUT2D eigenvalue weighted by molar-refractivity contribution is 0.160. The molecule has 1 aromatic heterocycles. The summed E-state index contributed by atoms with van der Waals surface area (Å²) < 4.78 is 1.22. The standard InChI is InChI=1S/C19H18ClN3O3/c1-12(18(25)13-7-9-15(24)10-8-13)22-16-11-21-23(19(26)17(16)20)14-5-3-2-4-6-14/h2-12,18,22,24-25H,1H3/t12-,18-/m1/s1. The van der Waals surface area contributed by atoms with E-state index in [9.17, 15) is 15.0 Å². The molecule has 0 spiro atoms. The second-order valence-electron chi connectivity index (χ2n) is 5.89. The number of hydrogen-bond acceptors (Lipinski definition) is 5. The Morgan fingerprint density at radius 2 is 1.77 bits per heavy atom. The van der Waals surface area contributed by atoms with Gasteiger partial charge in [-0.3, -0.25) is 4.79 Å². The Labute approximate surface area is 155 Å². The number of phenolic OH excluding ortho intramolecular Hbond substituents is 1. The summed E-state index contributed by atoms with van der Waals surface area (Å²) in [5.41, 5.74) is 1.14. The van der Waals surface area contributed by atoms with E-state index >= 15 is 0 Å². The highest BCUT2D eigenvalue weighted by Gasteiger charge is 2.19. The highest BCUT2D eigenvalue weighted by Crippen LogP contribution is 2.24. The van der Waals surface area contributed by atoms with Gasteiger partial charge in [0.1, 0.15) is 10.8 Å². The monoisotopic (exact) mass is 371 g/mol. The third-order valence-electron chi connectivity index (χ3n) is 4.01. The average molecular weight is 372 g/mol. The van der Waals surface area contributed by atoms with Crippen molar-refractivity contribution in [1.82, 2.24) is 9.78 Å². The Kier molecular flexibility index (Phi) is 5.25. The number of nitrogens with zero attached hydrogens (tertiary/aromatic N) is 2. The SMILES string of the molecule is C[C@@H](Nc1cnn(-c2ccccc2)c(=O)c1Cl)[C@@H](O)c1ccc(O)cc1. The molecular formula is C19H18ClN3O3. The Balaban J connectivity index is 1.83. The van der Waals surface area contributed by atoms with E-state index in [0.29, 0.717) is 16.9 Å². The summed E-state index contributed by atoms with van der Waals surface area (Å²) in [6, 6.07) is 14.8. The van der Waals surface area contributed by atoms with Crippen LogP contribution in [-0.4, -0.2) is 26.0 Å². The number of anilines is 1. The lowest BCUT2D eigenvalue weighted by atomic mass is 10.0. The van der Waals surface area contributed by atoms with Gasteiger partial charge in [0.15, 0.2) is 0 Å². The van der Waals surface area contributed by atoms with Crippen LogP contribution in [0.15, 0.2) is 65.6 Å². The molecule has 0 saturated heterocycles. The Morgan fingerprint density at radius 1 is 1.12 bits per heavy atom. The fraction of sp³-hybridized carbons (Fsp3) is 0.158. The van der Waals surface area contributed by atoms with Crippen LogP contribution < -0.4 is 10.9 Å². The molecule has 0 fully saturated rings. The van der Waals surface area contributed by atoms with E-state index in [1.165, 1.54) is 23.0 Å². The van der Waals surface area contributed by atoms with Crippen LogP contribution in [0.25, 0.3) is 5.69 Å². The molecule has 0 aliphatic rings. The third-order valence-corrected chi connectivity index (χ3v) is 4.38. The van der Waals surface area contributed by atoms with Crippen molar-refractivity contribution in [2.24, 2.45) is 0 Å². The molecule has 3 N–H and O–H groups in total. The molecule has 0 aliphatic heterocycles. The van der Waals surface area contributed by atoms with Crippen molar-refractivity contribution in [2.75, 3.05) is 5.32 Å². The molecule has 3 aromatic rings. The molecule has 134 valence electrons. The van der Waals surface area contributed by atoms with E-state index in [0.717, 1.165) is 0 Å². The minimum atomic E-state index is -0.858. The average Bonchev–Trinajstić information content (AvgIpc) is 2.66. The predicted octanol–water partition coefficient (Wildman–Crippen LogP) is 3.13. The lowest BCUT2D eigenvalue weighted by Crippen LogP contribution is -2.27.